The van der Waals surface area contributed by atoms with Crippen LogP contribution in [-0.4, -0.2) is 64.2 Å². The summed E-state index contributed by atoms with van der Waals surface area (Å²) in [6.45, 7) is 4.85. The van der Waals surface area contributed by atoms with Crippen molar-refractivity contribution in [3.05, 3.63) is 21.9 Å². The van der Waals surface area contributed by atoms with Gasteiger partial charge in [0.15, 0.2) is 0 Å². The van der Waals surface area contributed by atoms with Crippen molar-refractivity contribution in [3.63, 3.8) is 0 Å². The molecule has 1 atom stereocenters. The number of carboxylic acids is 1. The van der Waals surface area contributed by atoms with Gasteiger partial charge in [0, 0.05) is 37.6 Å². The van der Waals surface area contributed by atoms with E-state index in [1.807, 2.05) is 6.07 Å². The fraction of sp³-hybridized carbons (Fsp3) is 0.538. The van der Waals surface area contributed by atoms with Crippen LogP contribution in [0, 0.1) is 0 Å². The highest BCUT2D eigenvalue weighted by molar-refractivity contribution is 7.13. The molecule has 0 aromatic carbocycles. The molecule has 0 bridgehead atoms. The number of amides is 1. The Morgan fingerprint density at radius 3 is 2.38 bits per heavy atom. The summed E-state index contributed by atoms with van der Waals surface area (Å²) in [7, 11) is 0. The predicted octanol–water partition coefficient (Wildman–Crippen LogP) is 0.893. The third-order valence-electron chi connectivity index (χ3n) is 3.29. The minimum atomic E-state index is -0.947. The molecule has 1 amide bonds. The molecule has 0 aliphatic carbocycles. The quantitative estimate of drug-likeness (QED) is 0.855. The highest BCUT2D eigenvalue weighted by Crippen LogP contribution is 2.19. The maximum atomic E-state index is 11.6. The van der Waals surface area contributed by atoms with Gasteiger partial charge in [0.25, 0.3) is 5.91 Å². The summed E-state index contributed by atoms with van der Waals surface area (Å²) in [5.41, 5.74) is 0. The lowest BCUT2D eigenvalue weighted by Gasteiger charge is -2.35. The Morgan fingerprint density at radius 2 is 1.90 bits per heavy atom. The fourth-order valence-corrected chi connectivity index (χ4v) is 3.08. The lowest BCUT2D eigenvalue weighted by molar-refractivity contribution is -0.141. The van der Waals surface area contributed by atoms with Gasteiger partial charge in [0.05, 0.1) is 0 Å². The van der Waals surface area contributed by atoms with E-state index < -0.39 is 12.1 Å². The van der Waals surface area contributed by atoms with E-state index in [-0.39, 0.29) is 18.3 Å². The van der Waals surface area contributed by atoms with Crippen molar-refractivity contribution in [1.29, 1.82) is 0 Å². The van der Waals surface area contributed by atoms with Gasteiger partial charge in [-0.1, -0.05) is 0 Å². The van der Waals surface area contributed by atoms with Gasteiger partial charge in [0.2, 0.25) is 0 Å². The molecular formula is C13H19ClN2O4S. The minimum absolute atomic E-state index is 0. The number of aliphatic hydroxyl groups is 1. The number of piperazine rings is 1. The zero-order valence-electron chi connectivity index (χ0n) is 11.7. The number of hydrogen-bond donors (Lipinski definition) is 2. The van der Waals surface area contributed by atoms with Crippen molar-refractivity contribution >= 4 is 35.6 Å². The molecule has 1 aliphatic rings. The van der Waals surface area contributed by atoms with Crippen LogP contribution in [0.1, 0.15) is 21.5 Å². The third-order valence-corrected chi connectivity index (χ3v) is 4.35. The first-order valence-corrected chi connectivity index (χ1v) is 7.30. The molecule has 1 aromatic heterocycles. The van der Waals surface area contributed by atoms with Crippen LogP contribution in [0.15, 0.2) is 12.1 Å². The zero-order valence-corrected chi connectivity index (χ0v) is 13.3. The van der Waals surface area contributed by atoms with Gasteiger partial charge in [-0.15, -0.1) is 23.7 Å². The summed E-state index contributed by atoms with van der Waals surface area (Å²) < 4.78 is 0. The van der Waals surface area contributed by atoms with E-state index in [1.54, 1.807) is 11.0 Å². The molecule has 2 rings (SSSR count). The average molecular weight is 335 g/mol. The normalized spacial score (nSPS) is 17.1. The molecule has 1 fully saturated rings. The number of thiophene rings is 1. The molecule has 2 heterocycles. The predicted molar refractivity (Wildman–Crippen MR) is 82.1 cm³/mol. The number of nitrogens with zero attached hydrogens (tertiary/aromatic N) is 2. The van der Waals surface area contributed by atoms with Crippen molar-refractivity contribution in [2.75, 3.05) is 26.2 Å². The Hall–Kier alpha value is -1.15. The first-order chi connectivity index (χ1) is 9.47. The van der Waals surface area contributed by atoms with Crippen LogP contribution >= 0.6 is 23.7 Å². The van der Waals surface area contributed by atoms with Crippen LogP contribution in [0.25, 0.3) is 0 Å². The monoisotopic (exact) mass is 334 g/mol. The first kappa shape index (κ1) is 17.9. The molecule has 1 aliphatic heterocycles. The molecule has 6 nitrogen and oxygen atoms in total. The number of carbonyl (C=O) groups is 2. The number of aromatic carboxylic acids is 1. The summed E-state index contributed by atoms with van der Waals surface area (Å²) in [5.74, 6) is -1.12. The van der Waals surface area contributed by atoms with Crippen molar-refractivity contribution in [2.24, 2.45) is 0 Å². The SMILES string of the molecule is CC(O)C(=O)N1CCN(Cc2ccc(C(=O)O)s2)CC1.Cl. The Balaban J connectivity index is 0.00000220. The molecule has 0 spiro atoms. The van der Waals surface area contributed by atoms with Crippen LogP contribution in [0.5, 0.6) is 0 Å². The van der Waals surface area contributed by atoms with Crippen LogP contribution in [0.2, 0.25) is 0 Å². The van der Waals surface area contributed by atoms with E-state index in [0.29, 0.717) is 24.5 Å². The van der Waals surface area contributed by atoms with Crippen LogP contribution < -0.4 is 0 Å². The highest BCUT2D eigenvalue weighted by Gasteiger charge is 2.23. The largest absolute Gasteiger partial charge is 0.477 e. The molecule has 1 aromatic rings. The minimum Gasteiger partial charge on any atom is -0.477 e. The highest BCUT2D eigenvalue weighted by atomic mass is 35.5. The molecule has 118 valence electrons. The van der Waals surface area contributed by atoms with Gasteiger partial charge >= 0.3 is 5.97 Å². The second kappa shape index (κ2) is 7.74. The number of carbonyl (C=O) groups excluding carboxylic acids is 1. The first-order valence-electron chi connectivity index (χ1n) is 6.48. The Labute approximate surface area is 133 Å². The van der Waals surface area contributed by atoms with E-state index in [2.05, 4.69) is 4.90 Å². The topological polar surface area (TPSA) is 81.1 Å². The van der Waals surface area contributed by atoms with E-state index >= 15 is 0 Å². The second-order valence-electron chi connectivity index (χ2n) is 4.85. The Kier molecular flexibility index (Phi) is 6.60. The maximum absolute atomic E-state index is 11.6. The molecule has 2 N–H and O–H groups in total. The van der Waals surface area contributed by atoms with E-state index in [4.69, 9.17) is 5.11 Å². The molecule has 21 heavy (non-hydrogen) atoms. The Bertz CT molecular complexity index is 498. The molecular weight excluding hydrogens is 316 g/mol. The van der Waals surface area contributed by atoms with E-state index in [1.165, 1.54) is 18.3 Å². The molecule has 8 heteroatoms. The summed E-state index contributed by atoms with van der Waals surface area (Å²) >= 11 is 1.28. The zero-order chi connectivity index (χ0) is 14.7. The smallest absolute Gasteiger partial charge is 0.345 e. The van der Waals surface area contributed by atoms with Crippen molar-refractivity contribution < 1.29 is 19.8 Å². The van der Waals surface area contributed by atoms with Crippen LogP contribution in [0.3, 0.4) is 0 Å². The number of hydrogen-bond acceptors (Lipinski definition) is 5. The molecule has 1 saturated heterocycles. The van der Waals surface area contributed by atoms with Gasteiger partial charge in [-0.2, -0.15) is 0 Å². The van der Waals surface area contributed by atoms with Crippen molar-refractivity contribution in [3.8, 4) is 0 Å². The van der Waals surface area contributed by atoms with Crippen LogP contribution in [0.4, 0.5) is 0 Å². The van der Waals surface area contributed by atoms with E-state index in [0.717, 1.165) is 18.0 Å². The molecule has 0 radical (unpaired) electrons. The van der Waals surface area contributed by atoms with Gasteiger partial charge in [-0.25, -0.2) is 4.79 Å². The van der Waals surface area contributed by atoms with Crippen molar-refractivity contribution in [1.82, 2.24) is 9.80 Å². The summed E-state index contributed by atoms with van der Waals surface area (Å²) in [5, 5.41) is 18.2. The van der Waals surface area contributed by atoms with Gasteiger partial charge in [-0.05, 0) is 19.1 Å². The standard InChI is InChI=1S/C13H18N2O4S.ClH/c1-9(16)12(17)15-6-4-14(5-7-15)8-10-2-3-11(20-10)13(18)19;/h2-3,9,16H,4-8H2,1H3,(H,18,19);1H. The maximum Gasteiger partial charge on any atom is 0.345 e. The summed E-state index contributed by atoms with van der Waals surface area (Å²) in [4.78, 5) is 27.7. The van der Waals surface area contributed by atoms with E-state index in [9.17, 15) is 14.7 Å². The Morgan fingerprint density at radius 1 is 1.29 bits per heavy atom. The van der Waals surface area contributed by atoms with Gasteiger partial charge < -0.3 is 15.1 Å². The number of halogens is 1. The molecule has 1 unspecified atom stereocenters. The van der Waals surface area contributed by atoms with Gasteiger partial charge in [0.1, 0.15) is 11.0 Å². The number of rotatable bonds is 4. The number of carboxylic acid groups (broad SMARTS) is 1. The average Bonchev–Trinajstić information content (AvgIpc) is 2.87. The molecule has 0 saturated carbocycles. The van der Waals surface area contributed by atoms with Crippen molar-refractivity contribution in [2.45, 2.75) is 19.6 Å². The van der Waals surface area contributed by atoms with Gasteiger partial charge in [-0.3, -0.25) is 9.69 Å². The van der Waals surface area contributed by atoms with Crippen LogP contribution in [-0.2, 0) is 11.3 Å². The third kappa shape index (κ3) is 4.67. The lowest BCUT2D eigenvalue weighted by Crippen LogP contribution is -2.50. The number of aliphatic hydroxyl groups excluding tert-OH is 1. The second-order valence-corrected chi connectivity index (χ2v) is 6.02. The summed E-state index contributed by atoms with van der Waals surface area (Å²) in [6.07, 6.45) is -0.947. The summed E-state index contributed by atoms with van der Waals surface area (Å²) in [6, 6.07) is 3.46. The lowest BCUT2D eigenvalue weighted by atomic mass is 10.2. The fourth-order valence-electron chi connectivity index (χ4n) is 2.19.